The summed E-state index contributed by atoms with van der Waals surface area (Å²) in [5.74, 6) is 1.02. The molecule has 0 spiro atoms. The van der Waals surface area contributed by atoms with Crippen molar-refractivity contribution >= 4 is 28.6 Å². The van der Waals surface area contributed by atoms with E-state index in [1.165, 1.54) is 22.4 Å². The summed E-state index contributed by atoms with van der Waals surface area (Å²) in [6, 6.07) is 4.36. The predicted octanol–water partition coefficient (Wildman–Crippen LogP) is 6.00. The Labute approximate surface area is 143 Å². The Morgan fingerprint density at radius 3 is 2.38 bits per heavy atom. The van der Waals surface area contributed by atoms with Gasteiger partial charge in [0.2, 0.25) is 0 Å². The third-order valence-electron chi connectivity index (χ3n) is 4.70. The lowest BCUT2D eigenvalue weighted by molar-refractivity contribution is 0.277. The molecule has 0 N–H and O–H groups in total. The molecular weight excluding hydrogens is 373 g/mol. The Morgan fingerprint density at radius 2 is 1.81 bits per heavy atom. The first-order valence-electron chi connectivity index (χ1n) is 7.70. The van der Waals surface area contributed by atoms with Crippen LogP contribution in [0.3, 0.4) is 0 Å². The van der Waals surface area contributed by atoms with Crippen molar-refractivity contribution in [3.8, 4) is 5.75 Å². The Balaban J connectivity index is 2.57. The third kappa shape index (κ3) is 4.97. The van der Waals surface area contributed by atoms with E-state index in [1.807, 2.05) is 0 Å². The molecule has 0 bridgehead atoms. The van der Waals surface area contributed by atoms with Crippen molar-refractivity contribution in [1.82, 2.24) is 0 Å². The number of hydrogen-bond acceptors (Lipinski definition) is 2. The van der Waals surface area contributed by atoms with Gasteiger partial charge in [-0.1, -0.05) is 19.9 Å². The van der Waals surface area contributed by atoms with E-state index in [0.717, 1.165) is 31.6 Å². The molecule has 0 radical (unpaired) electrons. The van der Waals surface area contributed by atoms with Crippen LogP contribution < -0.4 is 4.74 Å². The summed E-state index contributed by atoms with van der Waals surface area (Å²) in [7, 11) is 0. The summed E-state index contributed by atoms with van der Waals surface area (Å²) in [5, 5.41) is 0. The van der Waals surface area contributed by atoms with Crippen LogP contribution in [0.4, 0.5) is 0 Å². The van der Waals surface area contributed by atoms with Gasteiger partial charge >= 0.3 is 0 Å². The third-order valence-corrected chi connectivity index (χ3v) is 5.43. The van der Waals surface area contributed by atoms with Crippen molar-refractivity contribution in [2.24, 2.45) is 8.62 Å². The number of halogens is 1. The maximum atomic E-state index is 5.98. The molecule has 0 fully saturated rings. The van der Waals surface area contributed by atoms with Crippen LogP contribution in [0.5, 0.6) is 5.75 Å². The molecule has 0 amide bonds. The van der Waals surface area contributed by atoms with Gasteiger partial charge in [0.25, 0.3) is 0 Å². The van der Waals surface area contributed by atoms with Crippen LogP contribution in [0, 0.1) is 26.2 Å². The topological polar surface area (TPSA) is 21.6 Å². The Morgan fingerprint density at radius 1 is 1.19 bits per heavy atom. The zero-order valence-corrected chi connectivity index (χ0v) is 16.4. The minimum absolute atomic E-state index is 0.197. The normalized spacial score (nSPS) is 14.9. The van der Waals surface area contributed by atoms with Gasteiger partial charge in [0.05, 0.1) is 29.5 Å². The van der Waals surface area contributed by atoms with E-state index in [-0.39, 0.29) is 5.41 Å². The molecule has 3 heteroatoms. The molecule has 118 valence electrons. The zero-order valence-electron chi connectivity index (χ0n) is 14.2. The highest BCUT2D eigenvalue weighted by Gasteiger charge is 2.25. The van der Waals surface area contributed by atoms with Crippen LogP contribution in [0.25, 0.3) is 0 Å². The van der Waals surface area contributed by atoms with Gasteiger partial charge in [-0.2, -0.15) is 0 Å². The average Bonchev–Trinajstić information content (AvgIpc) is 2.47. The molecule has 0 aliphatic heterocycles. The van der Waals surface area contributed by atoms with E-state index < -0.39 is 0 Å². The Hall–Kier alpha value is -0.580. The summed E-state index contributed by atoms with van der Waals surface area (Å²) >= 11 is 2.10. The van der Waals surface area contributed by atoms with E-state index in [4.69, 9.17) is 4.74 Å². The fourth-order valence-corrected chi connectivity index (χ4v) is 3.03. The maximum Gasteiger partial charge on any atom is 0.122 e. The summed E-state index contributed by atoms with van der Waals surface area (Å²) in [5.41, 5.74) is 5.27. The molecule has 0 heterocycles. The highest BCUT2D eigenvalue weighted by atomic mass is 127. The molecule has 0 aromatic heterocycles. The summed E-state index contributed by atoms with van der Waals surface area (Å²) in [6.07, 6.45) is 3.29. The van der Waals surface area contributed by atoms with Crippen molar-refractivity contribution in [2.45, 2.75) is 60.8 Å². The average molecular weight is 401 g/mol. The van der Waals surface area contributed by atoms with Crippen molar-refractivity contribution in [2.75, 3.05) is 6.61 Å². The molecule has 1 unspecified atom stereocenters. The molecule has 21 heavy (non-hydrogen) atoms. The van der Waals surface area contributed by atoms with Crippen molar-refractivity contribution in [3.05, 3.63) is 28.8 Å². The fourth-order valence-electron chi connectivity index (χ4n) is 2.45. The van der Waals surface area contributed by atoms with Crippen LogP contribution >= 0.6 is 22.9 Å². The van der Waals surface area contributed by atoms with Crippen LogP contribution in [-0.2, 0) is 0 Å². The summed E-state index contributed by atoms with van der Waals surface area (Å²) in [6.45, 7) is 13.8. The lowest BCUT2D eigenvalue weighted by Crippen LogP contribution is -2.25. The second-order valence-corrected chi connectivity index (χ2v) is 6.72. The molecule has 0 saturated carbocycles. The van der Waals surface area contributed by atoms with Gasteiger partial charge in [-0.25, -0.2) is 3.21 Å². The highest BCUT2D eigenvalue weighted by molar-refractivity contribution is 14.1. The van der Waals surface area contributed by atoms with Gasteiger partial charge in [-0.15, -0.1) is 0 Å². The molecule has 2 nitrogen and oxygen atoms in total. The van der Waals surface area contributed by atoms with Gasteiger partial charge in [0.1, 0.15) is 5.75 Å². The lowest BCUT2D eigenvalue weighted by atomic mass is 9.79. The van der Waals surface area contributed by atoms with E-state index in [2.05, 4.69) is 79.7 Å². The molecule has 0 aliphatic rings. The second kappa shape index (κ2) is 8.16. The number of rotatable bonds is 7. The highest BCUT2D eigenvalue weighted by Crippen LogP contribution is 2.30. The number of benzene rings is 1. The van der Waals surface area contributed by atoms with Gasteiger partial charge in [0.15, 0.2) is 0 Å². The number of nitrogens with zero attached hydrogens (tertiary/aromatic N) is 1. The quantitative estimate of drug-likeness (QED) is 0.312. The molecule has 0 saturated heterocycles. The van der Waals surface area contributed by atoms with Gasteiger partial charge < -0.3 is 4.74 Å². The largest absolute Gasteiger partial charge is 0.493 e. The van der Waals surface area contributed by atoms with E-state index in [1.54, 1.807) is 0 Å². The minimum atomic E-state index is 0.197. The summed E-state index contributed by atoms with van der Waals surface area (Å²) in [4.78, 5) is 0. The van der Waals surface area contributed by atoms with Crippen molar-refractivity contribution in [1.29, 1.82) is 0 Å². The predicted molar refractivity (Wildman–Crippen MR) is 101 cm³/mol. The van der Waals surface area contributed by atoms with E-state index in [0.29, 0.717) is 0 Å². The molecular formula is C18H28INO. The smallest absolute Gasteiger partial charge is 0.122 e. The molecule has 0 aliphatic carbocycles. The van der Waals surface area contributed by atoms with Gasteiger partial charge in [-0.3, -0.25) is 0 Å². The Bertz CT molecular complexity index is 510. The maximum absolute atomic E-state index is 5.98. The number of hydrogen-bond donors (Lipinski definition) is 0. The van der Waals surface area contributed by atoms with E-state index in [9.17, 15) is 0 Å². The first kappa shape index (κ1) is 18.5. The molecule has 1 atom stereocenters. The first-order valence-corrected chi connectivity index (χ1v) is 8.67. The molecule has 1 rings (SSSR count). The summed E-state index contributed by atoms with van der Waals surface area (Å²) < 4.78 is 10.3. The zero-order chi connectivity index (χ0) is 16.0. The second-order valence-electron chi connectivity index (χ2n) is 6.24. The number of ether oxygens (including phenoxy) is 1. The Kier molecular flexibility index (Phi) is 7.17. The van der Waals surface area contributed by atoms with Crippen LogP contribution in [-0.4, -0.2) is 12.3 Å². The SMILES string of the molecule is CCC(C)(CCCOc1cc(C)c(C)cc1C)/C(C)=N/I. The van der Waals surface area contributed by atoms with Crippen molar-refractivity contribution in [3.63, 3.8) is 0 Å². The van der Waals surface area contributed by atoms with Crippen LogP contribution in [0.2, 0.25) is 0 Å². The van der Waals surface area contributed by atoms with Crippen LogP contribution in [0.15, 0.2) is 15.3 Å². The van der Waals surface area contributed by atoms with Gasteiger partial charge in [-0.05, 0) is 69.7 Å². The molecule has 1 aromatic rings. The first-order chi connectivity index (χ1) is 9.84. The monoisotopic (exact) mass is 401 g/mol. The minimum Gasteiger partial charge on any atom is -0.493 e. The van der Waals surface area contributed by atoms with E-state index >= 15 is 0 Å². The standard InChI is InChI=1S/C18H28INO/c1-7-18(6,16(5)20-19)9-8-10-21-17-12-14(3)13(2)11-15(17)4/h11-12H,7-10H2,1-6H3/b20-16+. The lowest BCUT2D eigenvalue weighted by Gasteiger charge is -2.27. The fraction of sp³-hybridized carbons (Fsp3) is 0.611. The molecule has 1 aromatic carbocycles. The van der Waals surface area contributed by atoms with Gasteiger partial charge in [0, 0.05) is 11.1 Å². The number of aryl methyl sites for hydroxylation is 3. The van der Waals surface area contributed by atoms with Crippen LogP contribution in [0.1, 0.15) is 56.7 Å². The van der Waals surface area contributed by atoms with Crippen molar-refractivity contribution < 1.29 is 4.74 Å².